The second-order valence-electron chi connectivity index (χ2n) is 2.60. The molecule has 0 fully saturated rings. The fraction of sp³-hybridized carbons (Fsp3) is 0.500. The molecule has 0 aliphatic carbocycles. The molecule has 1 rings (SSSR count). The lowest BCUT2D eigenvalue weighted by Gasteiger charge is -2.09. The number of thioether (sulfide) groups is 1. The third kappa shape index (κ3) is 3.26. The van der Waals surface area contributed by atoms with Crippen LogP contribution in [0.4, 0.5) is 19.1 Å². The lowest BCUT2D eigenvalue weighted by Crippen LogP contribution is -2.11. The third-order valence-corrected chi connectivity index (χ3v) is 2.30. The average molecular weight is 237 g/mol. The van der Waals surface area contributed by atoms with E-state index in [1.165, 1.54) is 18.8 Å². The summed E-state index contributed by atoms with van der Waals surface area (Å²) in [5.41, 5.74) is -0.919. The van der Waals surface area contributed by atoms with Gasteiger partial charge in [-0.15, -0.1) is 11.8 Å². The van der Waals surface area contributed by atoms with E-state index >= 15 is 0 Å². The summed E-state index contributed by atoms with van der Waals surface area (Å²) < 4.78 is 37.2. The molecule has 0 aliphatic heterocycles. The lowest BCUT2D eigenvalue weighted by molar-refractivity contribution is -0.141. The Hall–Kier alpha value is -0.980. The Morgan fingerprint density at radius 1 is 1.40 bits per heavy atom. The maximum Gasteiger partial charge on any atom is 0.433 e. The first kappa shape index (κ1) is 12.1. The second-order valence-corrected chi connectivity index (χ2v) is 3.88. The van der Waals surface area contributed by atoms with Crippen LogP contribution >= 0.6 is 11.8 Å². The number of rotatable bonds is 3. The molecule has 1 N–H and O–H groups in total. The zero-order valence-electron chi connectivity index (χ0n) is 8.22. The average Bonchev–Trinajstić information content (AvgIpc) is 2.16. The molecule has 0 atom stereocenters. The molecule has 3 nitrogen and oxygen atoms in total. The van der Waals surface area contributed by atoms with Gasteiger partial charge in [-0.25, -0.2) is 9.97 Å². The Balaban J connectivity index is 3.11. The molecular weight excluding hydrogens is 227 g/mol. The summed E-state index contributed by atoms with van der Waals surface area (Å²) in [6, 6.07) is 0.953. The van der Waals surface area contributed by atoms with Crippen LogP contribution in [0.15, 0.2) is 11.1 Å². The molecule has 0 unspecified atom stereocenters. The van der Waals surface area contributed by atoms with Gasteiger partial charge in [0, 0.05) is 13.1 Å². The zero-order valence-corrected chi connectivity index (χ0v) is 9.04. The molecule has 84 valence electrons. The van der Waals surface area contributed by atoms with Gasteiger partial charge in [0.2, 0.25) is 5.95 Å². The van der Waals surface area contributed by atoms with Crippen molar-refractivity contribution in [2.24, 2.45) is 0 Å². The van der Waals surface area contributed by atoms with Crippen molar-refractivity contribution in [2.75, 3.05) is 18.1 Å². The summed E-state index contributed by atoms with van der Waals surface area (Å²) in [4.78, 5) is 7.24. The Kier molecular flexibility index (Phi) is 3.78. The van der Waals surface area contributed by atoms with Gasteiger partial charge in [-0.2, -0.15) is 13.2 Å². The standard InChI is InChI=1S/C8H10F3N3S/c1-3-15-6-4-5(8(9,10)11)13-7(12-2)14-6/h4H,3H2,1-2H3,(H,12,13,14). The van der Waals surface area contributed by atoms with E-state index in [1.807, 2.05) is 6.92 Å². The van der Waals surface area contributed by atoms with Crippen LogP contribution in [0.3, 0.4) is 0 Å². The van der Waals surface area contributed by atoms with Crippen molar-refractivity contribution in [3.8, 4) is 0 Å². The van der Waals surface area contributed by atoms with Crippen molar-refractivity contribution >= 4 is 17.7 Å². The van der Waals surface area contributed by atoms with Gasteiger partial charge in [0.05, 0.1) is 0 Å². The van der Waals surface area contributed by atoms with Gasteiger partial charge >= 0.3 is 6.18 Å². The molecule has 0 aromatic carbocycles. The van der Waals surface area contributed by atoms with Crippen LogP contribution in [0.1, 0.15) is 12.6 Å². The monoisotopic (exact) mass is 237 g/mol. The van der Waals surface area contributed by atoms with E-state index in [1.54, 1.807) is 0 Å². The van der Waals surface area contributed by atoms with E-state index in [0.717, 1.165) is 6.07 Å². The number of alkyl halides is 3. The quantitative estimate of drug-likeness (QED) is 0.648. The van der Waals surface area contributed by atoms with Gasteiger partial charge in [-0.1, -0.05) is 6.92 Å². The molecule has 7 heteroatoms. The number of nitrogens with zero attached hydrogens (tertiary/aromatic N) is 2. The highest BCUT2D eigenvalue weighted by Crippen LogP contribution is 2.30. The van der Waals surface area contributed by atoms with Crippen LogP contribution in [0, 0.1) is 0 Å². The molecule has 0 spiro atoms. The zero-order chi connectivity index (χ0) is 11.5. The number of hydrogen-bond acceptors (Lipinski definition) is 4. The number of anilines is 1. The fourth-order valence-electron chi connectivity index (χ4n) is 0.904. The number of nitrogens with one attached hydrogen (secondary N) is 1. The summed E-state index contributed by atoms with van der Waals surface area (Å²) in [5, 5.41) is 2.83. The highest BCUT2D eigenvalue weighted by Gasteiger charge is 2.33. The first-order valence-corrected chi connectivity index (χ1v) is 5.22. The van der Waals surface area contributed by atoms with Gasteiger partial charge in [0.25, 0.3) is 0 Å². The van der Waals surface area contributed by atoms with E-state index < -0.39 is 11.9 Å². The number of halogens is 3. The minimum atomic E-state index is -4.43. The summed E-state index contributed by atoms with van der Waals surface area (Å²) in [7, 11) is 1.48. The lowest BCUT2D eigenvalue weighted by atomic mass is 10.4. The SMILES string of the molecule is CCSc1cc(C(F)(F)F)nc(NC)n1. The summed E-state index contributed by atoms with van der Waals surface area (Å²) >= 11 is 1.24. The van der Waals surface area contributed by atoms with Crippen molar-refractivity contribution in [3.63, 3.8) is 0 Å². The largest absolute Gasteiger partial charge is 0.433 e. The van der Waals surface area contributed by atoms with E-state index in [4.69, 9.17) is 0 Å². The smallest absolute Gasteiger partial charge is 0.357 e. The Bertz CT molecular complexity index is 340. The minimum absolute atomic E-state index is 0.0132. The maximum atomic E-state index is 12.4. The van der Waals surface area contributed by atoms with Crippen molar-refractivity contribution < 1.29 is 13.2 Å². The Labute approximate surface area is 89.5 Å². The Morgan fingerprint density at radius 3 is 2.53 bits per heavy atom. The summed E-state index contributed by atoms with van der Waals surface area (Å²) in [6.07, 6.45) is -4.43. The van der Waals surface area contributed by atoms with E-state index in [9.17, 15) is 13.2 Å². The van der Waals surface area contributed by atoms with Gasteiger partial charge in [-0.3, -0.25) is 0 Å². The summed E-state index contributed by atoms with van der Waals surface area (Å²) in [5.74, 6) is 0.651. The second kappa shape index (κ2) is 4.69. The van der Waals surface area contributed by atoms with Crippen molar-refractivity contribution in [3.05, 3.63) is 11.8 Å². The first-order chi connectivity index (χ1) is 6.97. The van der Waals surface area contributed by atoms with Crippen molar-refractivity contribution in [2.45, 2.75) is 18.1 Å². The van der Waals surface area contributed by atoms with Crippen LogP contribution in [0.25, 0.3) is 0 Å². The van der Waals surface area contributed by atoms with Crippen LogP contribution in [0.5, 0.6) is 0 Å². The predicted octanol–water partition coefficient (Wildman–Crippen LogP) is 2.65. The topological polar surface area (TPSA) is 37.8 Å². The van der Waals surface area contributed by atoms with Gasteiger partial charge in [-0.05, 0) is 5.75 Å². The van der Waals surface area contributed by atoms with Gasteiger partial charge in [0.1, 0.15) is 5.03 Å². The van der Waals surface area contributed by atoms with E-state index in [2.05, 4.69) is 15.3 Å². The Morgan fingerprint density at radius 2 is 2.07 bits per heavy atom. The third-order valence-electron chi connectivity index (χ3n) is 1.51. The van der Waals surface area contributed by atoms with Crippen molar-refractivity contribution in [1.29, 1.82) is 0 Å². The highest BCUT2D eigenvalue weighted by molar-refractivity contribution is 7.99. The molecule has 1 aromatic heterocycles. The number of hydrogen-bond donors (Lipinski definition) is 1. The molecular formula is C8H10F3N3S. The van der Waals surface area contributed by atoms with Crippen LogP contribution in [-0.4, -0.2) is 22.8 Å². The summed E-state index contributed by atoms with van der Waals surface area (Å²) in [6.45, 7) is 1.85. The maximum absolute atomic E-state index is 12.4. The molecule has 15 heavy (non-hydrogen) atoms. The molecule has 0 saturated carbocycles. The first-order valence-electron chi connectivity index (χ1n) is 4.24. The van der Waals surface area contributed by atoms with E-state index in [0.29, 0.717) is 10.8 Å². The van der Waals surface area contributed by atoms with Gasteiger partial charge in [0.15, 0.2) is 5.69 Å². The molecule has 0 bridgehead atoms. The molecule has 0 amide bonds. The molecule has 0 saturated heterocycles. The normalized spacial score (nSPS) is 11.5. The fourth-order valence-corrected chi connectivity index (χ4v) is 1.55. The molecule has 0 radical (unpaired) electrons. The highest BCUT2D eigenvalue weighted by atomic mass is 32.2. The van der Waals surface area contributed by atoms with Crippen LogP contribution in [-0.2, 0) is 6.18 Å². The molecule has 1 aromatic rings. The van der Waals surface area contributed by atoms with Crippen LogP contribution in [0.2, 0.25) is 0 Å². The minimum Gasteiger partial charge on any atom is -0.357 e. The van der Waals surface area contributed by atoms with Gasteiger partial charge < -0.3 is 5.32 Å². The van der Waals surface area contributed by atoms with Crippen LogP contribution < -0.4 is 5.32 Å². The molecule has 1 heterocycles. The van der Waals surface area contributed by atoms with Crippen molar-refractivity contribution in [1.82, 2.24) is 9.97 Å². The van der Waals surface area contributed by atoms with E-state index in [-0.39, 0.29) is 5.95 Å². The number of aromatic nitrogens is 2. The molecule has 0 aliphatic rings. The predicted molar refractivity (Wildman–Crippen MR) is 53.0 cm³/mol.